The van der Waals surface area contributed by atoms with Gasteiger partial charge in [-0.2, -0.15) is 0 Å². The van der Waals surface area contributed by atoms with Crippen molar-refractivity contribution in [2.45, 2.75) is 53.4 Å². The number of aromatic nitrogens is 1. The van der Waals surface area contributed by atoms with Gasteiger partial charge in [-0.05, 0) is 42.4 Å². The number of carbonyl (C=O) groups excluding carboxylic acids is 1. The third kappa shape index (κ3) is 4.67. The summed E-state index contributed by atoms with van der Waals surface area (Å²) in [5.74, 6) is 0.634. The summed E-state index contributed by atoms with van der Waals surface area (Å²) in [6.07, 6.45) is 0. The molecule has 0 fully saturated rings. The molecule has 3 rings (SSSR count). The molecule has 2 aromatic carbocycles. The lowest BCUT2D eigenvalue weighted by molar-refractivity contribution is 0.262. The Morgan fingerprint density at radius 1 is 0.897 bits per heavy atom. The summed E-state index contributed by atoms with van der Waals surface area (Å²) in [5, 5.41) is 7.85. The van der Waals surface area contributed by atoms with Crippen LogP contribution in [0.1, 0.15) is 61.2 Å². The molecule has 5 heteroatoms. The van der Waals surface area contributed by atoms with Crippen LogP contribution in [0.4, 0.5) is 15.5 Å². The van der Waals surface area contributed by atoms with E-state index in [1.165, 1.54) is 11.3 Å². The highest BCUT2D eigenvalue weighted by molar-refractivity contribution is 7.16. The first kappa shape index (κ1) is 21.1. The van der Waals surface area contributed by atoms with Crippen LogP contribution in [-0.2, 0) is 0 Å². The van der Waals surface area contributed by atoms with Crippen molar-refractivity contribution in [3.63, 3.8) is 0 Å². The van der Waals surface area contributed by atoms with Gasteiger partial charge in [0.1, 0.15) is 10.7 Å². The van der Waals surface area contributed by atoms with Crippen molar-refractivity contribution >= 4 is 28.1 Å². The summed E-state index contributed by atoms with van der Waals surface area (Å²) in [7, 11) is 0. The lowest BCUT2D eigenvalue weighted by Crippen LogP contribution is -2.21. The molecule has 0 saturated heterocycles. The Morgan fingerprint density at radius 2 is 1.52 bits per heavy atom. The van der Waals surface area contributed by atoms with E-state index >= 15 is 0 Å². The van der Waals surface area contributed by atoms with Crippen LogP contribution in [0.25, 0.3) is 11.3 Å². The number of thiazole rings is 1. The van der Waals surface area contributed by atoms with E-state index in [4.69, 9.17) is 0 Å². The second-order valence-electron chi connectivity index (χ2n) is 7.93. The Hall–Kier alpha value is -2.66. The largest absolute Gasteiger partial charge is 0.324 e. The summed E-state index contributed by atoms with van der Waals surface area (Å²) >= 11 is 1.49. The molecule has 3 aromatic rings. The van der Waals surface area contributed by atoms with Gasteiger partial charge in [0.2, 0.25) is 0 Å². The number of amides is 2. The molecule has 1 aromatic heterocycles. The smallest absolute Gasteiger partial charge is 0.307 e. The Bertz CT molecular complexity index is 994. The van der Waals surface area contributed by atoms with E-state index in [-0.39, 0.29) is 6.03 Å². The highest BCUT2D eigenvalue weighted by Gasteiger charge is 2.19. The molecule has 2 N–H and O–H groups in total. The van der Waals surface area contributed by atoms with E-state index in [0.717, 1.165) is 43.6 Å². The van der Waals surface area contributed by atoms with Gasteiger partial charge in [0.05, 0.1) is 5.01 Å². The molecule has 0 aliphatic heterocycles. The van der Waals surface area contributed by atoms with Crippen LogP contribution in [0, 0.1) is 13.8 Å². The van der Waals surface area contributed by atoms with Crippen molar-refractivity contribution in [1.29, 1.82) is 0 Å². The van der Waals surface area contributed by atoms with Gasteiger partial charge in [0, 0.05) is 11.3 Å². The number of aryl methyl sites for hydroxylation is 2. The quantitative estimate of drug-likeness (QED) is 0.465. The number of urea groups is 1. The van der Waals surface area contributed by atoms with E-state index in [9.17, 15) is 4.79 Å². The minimum atomic E-state index is -0.238. The summed E-state index contributed by atoms with van der Waals surface area (Å²) in [6, 6.07) is 14.1. The van der Waals surface area contributed by atoms with Gasteiger partial charge >= 0.3 is 6.03 Å². The van der Waals surface area contributed by atoms with Crippen molar-refractivity contribution in [3.8, 4) is 11.3 Å². The van der Waals surface area contributed by atoms with E-state index in [1.807, 2.05) is 25.1 Å². The minimum absolute atomic E-state index is 0.238. The molecule has 29 heavy (non-hydrogen) atoms. The summed E-state index contributed by atoms with van der Waals surface area (Å²) in [6.45, 7) is 12.6. The second kappa shape index (κ2) is 8.78. The van der Waals surface area contributed by atoms with Gasteiger partial charge in [0.15, 0.2) is 0 Å². The van der Waals surface area contributed by atoms with Crippen LogP contribution in [0.15, 0.2) is 42.5 Å². The number of hydrogen-bond donors (Lipinski definition) is 2. The molecule has 0 saturated carbocycles. The van der Waals surface area contributed by atoms with Crippen molar-refractivity contribution in [2.24, 2.45) is 0 Å². The first-order valence-corrected chi connectivity index (χ1v) is 10.8. The molecule has 0 radical (unpaired) electrons. The Balaban J connectivity index is 1.91. The minimum Gasteiger partial charge on any atom is -0.307 e. The maximum absolute atomic E-state index is 13.0. The van der Waals surface area contributed by atoms with Crippen LogP contribution in [0.2, 0.25) is 0 Å². The number of benzene rings is 2. The van der Waals surface area contributed by atoms with Gasteiger partial charge < -0.3 is 5.32 Å². The normalized spacial score (nSPS) is 11.2. The van der Waals surface area contributed by atoms with E-state index in [2.05, 4.69) is 74.5 Å². The molecule has 0 atom stereocenters. The molecule has 0 spiro atoms. The van der Waals surface area contributed by atoms with Gasteiger partial charge in [-0.25, -0.2) is 9.78 Å². The van der Waals surface area contributed by atoms with Crippen molar-refractivity contribution in [2.75, 3.05) is 10.6 Å². The van der Waals surface area contributed by atoms with E-state index in [0.29, 0.717) is 11.8 Å². The van der Waals surface area contributed by atoms with E-state index < -0.39 is 0 Å². The average molecular weight is 408 g/mol. The molecule has 0 aliphatic rings. The molecule has 4 nitrogen and oxygen atoms in total. The standard InChI is InChI=1S/C24H29N3OS/c1-14(2)18-12-9-13-19(15(3)4)21(18)26-24(28)27-23-22(25-17(6)29-23)20-11-8-7-10-16(20)5/h7-15H,1-6H3,(H2,26,27,28). The zero-order valence-corrected chi connectivity index (χ0v) is 18.8. The zero-order valence-electron chi connectivity index (χ0n) is 18.0. The average Bonchev–Trinajstić information content (AvgIpc) is 3.01. The monoisotopic (exact) mass is 407 g/mol. The predicted octanol–water partition coefficient (Wildman–Crippen LogP) is 7.32. The van der Waals surface area contributed by atoms with Crippen LogP contribution in [0.5, 0.6) is 0 Å². The first-order valence-electron chi connectivity index (χ1n) is 10.0. The van der Waals surface area contributed by atoms with Crippen molar-refractivity contribution in [1.82, 2.24) is 4.98 Å². The zero-order chi connectivity index (χ0) is 21.1. The number of nitrogens with one attached hydrogen (secondary N) is 2. The number of hydrogen-bond acceptors (Lipinski definition) is 3. The lowest BCUT2D eigenvalue weighted by atomic mass is 9.93. The van der Waals surface area contributed by atoms with E-state index in [1.54, 1.807) is 0 Å². The maximum atomic E-state index is 13.0. The van der Waals surface area contributed by atoms with Crippen molar-refractivity contribution < 1.29 is 4.79 Å². The molecule has 0 unspecified atom stereocenters. The van der Waals surface area contributed by atoms with Gasteiger partial charge in [-0.15, -0.1) is 11.3 Å². The fourth-order valence-corrected chi connectivity index (χ4v) is 4.30. The molecule has 2 amide bonds. The van der Waals surface area contributed by atoms with Crippen LogP contribution in [-0.4, -0.2) is 11.0 Å². The third-order valence-corrected chi connectivity index (χ3v) is 5.86. The van der Waals surface area contributed by atoms with Gasteiger partial charge in [-0.3, -0.25) is 5.32 Å². The molecular formula is C24H29N3OS. The molecule has 0 bridgehead atoms. The molecule has 152 valence electrons. The summed E-state index contributed by atoms with van der Waals surface area (Å²) in [5.41, 5.74) is 6.19. The number of rotatable bonds is 5. The highest BCUT2D eigenvalue weighted by Crippen LogP contribution is 2.36. The molecule has 0 aliphatic carbocycles. The predicted molar refractivity (Wildman–Crippen MR) is 124 cm³/mol. The van der Waals surface area contributed by atoms with Gasteiger partial charge in [0.25, 0.3) is 0 Å². The summed E-state index contributed by atoms with van der Waals surface area (Å²) in [4.78, 5) is 17.6. The Morgan fingerprint density at radius 3 is 2.10 bits per heavy atom. The first-order chi connectivity index (χ1) is 13.8. The topological polar surface area (TPSA) is 54.0 Å². The molecular weight excluding hydrogens is 378 g/mol. The van der Waals surface area contributed by atoms with Crippen LogP contribution >= 0.6 is 11.3 Å². The third-order valence-electron chi connectivity index (χ3n) is 4.97. The number of nitrogens with zero attached hydrogens (tertiary/aromatic N) is 1. The van der Waals surface area contributed by atoms with Gasteiger partial charge in [-0.1, -0.05) is 70.2 Å². The fraction of sp³-hybridized carbons (Fsp3) is 0.333. The Labute approximate surface area is 177 Å². The Kier molecular flexibility index (Phi) is 6.38. The number of carbonyl (C=O) groups is 1. The summed E-state index contributed by atoms with van der Waals surface area (Å²) < 4.78 is 0. The highest BCUT2D eigenvalue weighted by atomic mass is 32.1. The van der Waals surface area contributed by atoms with Crippen LogP contribution in [0.3, 0.4) is 0 Å². The van der Waals surface area contributed by atoms with Crippen LogP contribution < -0.4 is 10.6 Å². The SMILES string of the molecule is Cc1nc(-c2ccccc2C)c(NC(=O)Nc2c(C(C)C)cccc2C(C)C)s1. The fourth-order valence-electron chi connectivity index (χ4n) is 3.48. The lowest BCUT2D eigenvalue weighted by Gasteiger charge is -2.20. The number of para-hydroxylation sites is 1. The number of anilines is 2. The van der Waals surface area contributed by atoms with Crippen molar-refractivity contribution in [3.05, 3.63) is 64.2 Å². The maximum Gasteiger partial charge on any atom is 0.324 e. The molecule has 1 heterocycles. The second-order valence-corrected chi connectivity index (χ2v) is 9.13.